The van der Waals surface area contributed by atoms with E-state index in [2.05, 4.69) is 13.8 Å². The molecule has 0 aromatic rings. The van der Waals surface area contributed by atoms with Crippen LogP contribution in [0.3, 0.4) is 0 Å². The summed E-state index contributed by atoms with van der Waals surface area (Å²) in [6.07, 6.45) is 2.91. The number of carbonyl (C=O) groups excluding carboxylic acids is 1. The van der Waals surface area contributed by atoms with Crippen LogP contribution in [0, 0.1) is 11.3 Å². The topological polar surface area (TPSA) is 55.8 Å². The molecule has 0 aromatic carbocycles. The summed E-state index contributed by atoms with van der Waals surface area (Å²) in [5.74, 6) is -0.457. The van der Waals surface area contributed by atoms with Crippen molar-refractivity contribution in [2.75, 3.05) is 13.2 Å². The van der Waals surface area contributed by atoms with Crippen LogP contribution in [0.25, 0.3) is 0 Å². The molecule has 1 spiro atoms. The molecule has 3 atom stereocenters. The smallest absolute Gasteiger partial charge is 0.184 e. The fourth-order valence-corrected chi connectivity index (χ4v) is 3.83. The third-order valence-electron chi connectivity index (χ3n) is 4.90. The van der Waals surface area contributed by atoms with Gasteiger partial charge < -0.3 is 14.6 Å². The molecule has 0 unspecified atom stereocenters. The zero-order chi connectivity index (χ0) is 13.0. The number of carbonyl (C=O) groups is 1. The van der Waals surface area contributed by atoms with Crippen molar-refractivity contribution < 1.29 is 19.4 Å². The minimum absolute atomic E-state index is 0.177. The number of hydrogen-bond donors (Lipinski definition) is 1. The Morgan fingerprint density at radius 3 is 2.72 bits per heavy atom. The second-order valence-corrected chi connectivity index (χ2v) is 5.94. The minimum atomic E-state index is -0.922. The van der Waals surface area contributed by atoms with E-state index in [1.807, 2.05) is 0 Å². The van der Waals surface area contributed by atoms with Gasteiger partial charge in [-0.25, -0.2) is 0 Å². The molecule has 0 bridgehead atoms. The monoisotopic (exact) mass is 252 g/mol. The van der Waals surface area contributed by atoms with E-state index in [0.717, 1.165) is 18.4 Å². The molecule has 4 heteroatoms. The molecule has 0 radical (unpaired) electrons. The average Bonchev–Trinajstić information content (AvgIpc) is 2.79. The predicted molar refractivity (Wildman–Crippen MR) is 64.9 cm³/mol. The highest BCUT2D eigenvalue weighted by Crippen LogP contribution is 2.57. The second-order valence-electron chi connectivity index (χ2n) is 5.94. The zero-order valence-electron chi connectivity index (χ0n) is 10.9. The highest BCUT2D eigenvalue weighted by molar-refractivity contribution is 5.95. The van der Waals surface area contributed by atoms with Crippen molar-refractivity contribution in [1.29, 1.82) is 0 Å². The third kappa shape index (κ3) is 1.46. The number of aliphatic hydroxyl groups is 1. The number of aliphatic hydroxyl groups excluding tert-OH is 1. The first-order valence-electron chi connectivity index (χ1n) is 6.70. The van der Waals surface area contributed by atoms with Crippen LogP contribution in [0.15, 0.2) is 11.6 Å². The van der Waals surface area contributed by atoms with Gasteiger partial charge in [-0.3, -0.25) is 4.79 Å². The Morgan fingerprint density at radius 1 is 1.39 bits per heavy atom. The lowest BCUT2D eigenvalue weighted by atomic mass is 9.58. The van der Waals surface area contributed by atoms with Crippen LogP contribution in [0.5, 0.6) is 0 Å². The van der Waals surface area contributed by atoms with Crippen LogP contribution in [0.1, 0.15) is 33.1 Å². The highest BCUT2D eigenvalue weighted by atomic mass is 16.7. The van der Waals surface area contributed by atoms with Crippen LogP contribution >= 0.6 is 0 Å². The van der Waals surface area contributed by atoms with Crippen LogP contribution in [-0.2, 0) is 14.3 Å². The maximum absolute atomic E-state index is 11.7. The van der Waals surface area contributed by atoms with Crippen LogP contribution < -0.4 is 0 Å². The highest BCUT2D eigenvalue weighted by Gasteiger charge is 2.60. The SMILES string of the molecule is C[C@@H]1CCC2(OCCO2)[C@@]2(C)C[C@@H](O)C(=O)C=C12. The molecule has 1 saturated heterocycles. The summed E-state index contributed by atoms with van der Waals surface area (Å²) >= 11 is 0. The molecule has 18 heavy (non-hydrogen) atoms. The van der Waals surface area contributed by atoms with Gasteiger partial charge in [-0.05, 0) is 24.8 Å². The Hall–Kier alpha value is -0.710. The van der Waals surface area contributed by atoms with E-state index in [0.29, 0.717) is 25.6 Å². The molecule has 2 aliphatic carbocycles. The van der Waals surface area contributed by atoms with Gasteiger partial charge in [0.1, 0.15) is 6.10 Å². The van der Waals surface area contributed by atoms with Crippen molar-refractivity contribution in [3.05, 3.63) is 11.6 Å². The summed E-state index contributed by atoms with van der Waals surface area (Å²) in [4.78, 5) is 11.7. The van der Waals surface area contributed by atoms with Gasteiger partial charge in [-0.1, -0.05) is 19.4 Å². The Bertz CT molecular complexity index is 408. The Labute approximate surface area is 107 Å². The van der Waals surface area contributed by atoms with Gasteiger partial charge in [-0.2, -0.15) is 0 Å². The van der Waals surface area contributed by atoms with Crippen molar-refractivity contribution in [2.24, 2.45) is 11.3 Å². The number of fused-ring (bicyclic) bond motifs is 2. The molecule has 1 heterocycles. The predicted octanol–water partition coefficient (Wildman–Crippen LogP) is 1.43. The van der Waals surface area contributed by atoms with Gasteiger partial charge in [0.05, 0.1) is 13.2 Å². The zero-order valence-corrected chi connectivity index (χ0v) is 10.9. The Kier molecular flexibility index (Phi) is 2.66. The maximum atomic E-state index is 11.7. The summed E-state index contributed by atoms with van der Waals surface area (Å²) in [5, 5.41) is 9.91. The lowest BCUT2D eigenvalue weighted by Gasteiger charge is -2.53. The van der Waals surface area contributed by atoms with E-state index in [1.54, 1.807) is 6.08 Å². The van der Waals surface area contributed by atoms with Crippen molar-refractivity contribution in [3.8, 4) is 0 Å². The molecule has 0 amide bonds. The molecule has 3 aliphatic rings. The van der Waals surface area contributed by atoms with Gasteiger partial charge in [0.15, 0.2) is 11.6 Å². The van der Waals surface area contributed by atoms with E-state index in [1.165, 1.54) is 0 Å². The van der Waals surface area contributed by atoms with E-state index < -0.39 is 11.9 Å². The fourth-order valence-electron chi connectivity index (χ4n) is 3.83. The fraction of sp³-hybridized carbons (Fsp3) is 0.786. The van der Waals surface area contributed by atoms with Gasteiger partial charge in [0.25, 0.3) is 0 Å². The number of ketones is 1. The standard InChI is InChI=1S/C14H20O4/c1-9-3-4-14(17-5-6-18-14)13(2)8-12(16)11(15)7-10(9)13/h7,9,12,16H,3-6,8H2,1-2H3/t9-,12-,13+/m1/s1. The number of rotatable bonds is 0. The first kappa shape index (κ1) is 12.3. The molecule has 4 nitrogen and oxygen atoms in total. The van der Waals surface area contributed by atoms with Gasteiger partial charge in [0.2, 0.25) is 0 Å². The lowest BCUT2D eigenvalue weighted by molar-refractivity contribution is -0.245. The molecule has 0 aromatic heterocycles. The summed E-state index contributed by atoms with van der Waals surface area (Å²) in [5.41, 5.74) is 0.708. The molecule has 100 valence electrons. The molecule has 2 fully saturated rings. The van der Waals surface area contributed by atoms with Crippen molar-refractivity contribution in [3.63, 3.8) is 0 Å². The van der Waals surface area contributed by atoms with E-state index in [4.69, 9.17) is 9.47 Å². The normalized spacial score (nSPS) is 42.8. The van der Waals surface area contributed by atoms with E-state index >= 15 is 0 Å². The molecular weight excluding hydrogens is 232 g/mol. The summed E-state index contributed by atoms with van der Waals surface area (Å²) in [7, 11) is 0. The van der Waals surface area contributed by atoms with Gasteiger partial charge >= 0.3 is 0 Å². The van der Waals surface area contributed by atoms with Gasteiger partial charge in [0, 0.05) is 11.8 Å². The number of ether oxygens (including phenoxy) is 2. The van der Waals surface area contributed by atoms with Crippen molar-refractivity contribution >= 4 is 5.78 Å². The maximum Gasteiger partial charge on any atom is 0.184 e. The summed E-state index contributed by atoms with van der Waals surface area (Å²) < 4.78 is 11.8. The Morgan fingerprint density at radius 2 is 2.06 bits per heavy atom. The van der Waals surface area contributed by atoms with Crippen molar-refractivity contribution in [2.45, 2.75) is 45.0 Å². The van der Waals surface area contributed by atoms with Crippen molar-refractivity contribution in [1.82, 2.24) is 0 Å². The second kappa shape index (κ2) is 3.89. The molecule has 1 aliphatic heterocycles. The quantitative estimate of drug-likeness (QED) is 0.708. The number of hydrogen-bond acceptors (Lipinski definition) is 4. The summed E-state index contributed by atoms with van der Waals surface area (Å²) in [6.45, 7) is 5.40. The average molecular weight is 252 g/mol. The summed E-state index contributed by atoms with van der Waals surface area (Å²) in [6, 6.07) is 0. The molecular formula is C14H20O4. The van der Waals surface area contributed by atoms with E-state index in [-0.39, 0.29) is 11.2 Å². The van der Waals surface area contributed by atoms with Crippen LogP contribution in [0.4, 0.5) is 0 Å². The first-order chi connectivity index (χ1) is 8.48. The molecule has 3 rings (SSSR count). The largest absolute Gasteiger partial charge is 0.385 e. The van der Waals surface area contributed by atoms with E-state index in [9.17, 15) is 9.90 Å². The molecule has 1 saturated carbocycles. The first-order valence-corrected chi connectivity index (χ1v) is 6.70. The van der Waals surface area contributed by atoms with Crippen LogP contribution in [-0.4, -0.2) is 36.0 Å². The Balaban J connectivity index is 2.08. The lowest BCUT2D eigenvalue weighted by Crippen LogP contribution is -2.56. The van der Waals surface area contributed by atoms with Gasteiger partial charge in [-0.15, -0.1) is 0 Å². The van der Waals surface area contributed by atoms with Crippen LogP contribution in [0.2, 0.25) is 0 Å². The molecule has 1 N–H and O–H groups in total. The minimum Gasteiger partial charge on any atom is -0.385 e. The third-order valence-corrected chi connectivity index (χ3v) is 4.90.